The highest BCUT2D eigenvalue weighted by Crippen LogP contribution is 2.44. The number of benzene rings is 1. The highest BCUT2D eigenvalue weighted by Gasteiger charge is 2.49. The number of aromatic nitrogens is 1. The highest BCUT2D eigenvalue weighted by molar-refractivity contribution is 7.17. The first-order valence-electron chi connectivity index (χ1n) is 10.6. The molecule has 176 valence electrons. The molecule has 34 heavy (non-hydrogen) atoms. The first-order valence-corrected chi connectivity index (χ1v) is 11.4. The number of nitrogens with zero attached hydrogens (tertiary/aromatic N) is 2. The number of thiazole rings is 1. The summed E-state index contributed by atoms with van der Waals surface area (Å²) in [5, 5.41) is 11.2. The van der Waals surface area contributed by atoms with E-state index >= 15 is 0 Å². The Balaban J connectivity index is 1.83. The van der Waals surface area contributed by atoms with E-state index in [1.807, 2.05) is 6.92 Å². The number of carbonyl (C=O) groups is 3. The summed E-state index contributed by atoms with van der Waals surface area (Å²) in [5.74, 6) is -1.84. The molecule has 1 aromatic carbocycles. The molecule has 1 unspecified atom stereocenters. The smallest absolute Gasteiger partial charge is 0.350 e. The summed E-state index contributed by atoms with van der Waals surface area (Å²) in [5.41, 5.74) is 0.556. The second kappa shape index (κ2) is 9.52. The van der Waals surface area contributed by atoms with E-state index in [0.29, 0.717) is 23.6 Å². The second-order valence-corrected chi connectivity index (χ2v) is 8.25. The number of amides is 1. The lowest BCUT2D eigenvalue weighted by atomic mass is 9.99. The molecule has 9 nitrogen and oxygen atoms in total. The van der Waals surface area contributed by atoms with Crippen molar-refractivity contribution in [2.75, 3.05) is 18.1 Å². The van der Waals surface area contributed by atoms with Gasteiger partial charge in [-0.2, -0.15) is 0 Å². The quantitative estimate of drug-likeness (QED) is 0.230. The summed E-state index contributed by atoms with van der Waals surface area (Å²) in [4.78, 5) is 44.2. The van der Waals surface area contributed by atoms with Gasteiger partial charge in [0, 0.05) is 5.56 Å². The zero-order valence-corrected chi connectivity index (χ0v) is 19.5. The van der Waals surface area contributed by atoms with Gasteiger partial charge in [0.15, 0.2) is 5.13 Å². The van der Waals surface area contributed by atoms with Crippen LogP contribution in [0.25, 0.3) is 5.76 Å². The van der Waals surface area contributed by atoms with Crippen LogP contribution >= 0.6 is 11.3 Å². The molecule has 0 saturated carbocycles. The Labute approximate surface area is 199 Å². The normalized spacial score (nSPS) is 17.3. The number of ether oxygens (including phenoxy) is 2. The standard InChI is InChI=1S/C24H22N2O7S/c1-4-31-15-10-8-14(9-11-15)19(27)17-18(16-7-6-12-33-16)26(22(29)20(17)28)24-25-13(3)21(34-24)23(30)32-5-2/h6-12,18,27H,4-5H2,1-3H3/b19-17-. The van der Waals surface area contributed by atoms with E-state index in [1.165, 1.54) is 6.26 Å². The topological polar surface area (TPSA) is 119 Å². The van der Waals surface area contributed by atoms with Crippen molar-refractivity contribution in [2.45, 2.75) is 26.8 Å². The van der Waals surface area contributed by atoms with E-state index in [-0.39, 0.29) is 33.7 Å². The third-order valence-corrected chi connectivity index (χ3v) is 6.28. The van der Waals surface area contributed by atoms with E-state index in [9.17, 15) is 19.5 Å². The van der Waals surface area contributed by atoms with Gasteiger partial charge in [0.1, 0.15) is 28.2 Å². The number of esters is 1. The Morgan fingerprint density at radius 3 is 2.53 bits per heavy atom. The minimum Gasteiger partial charge on any atom is -0.507 e. The summed E-state index contributed by atoms with van der Waals surface area (Å²) >= 11 is 0.933. The average Bonchev–Trinajstić information content (AvgIpc) is 3.53. The van der Waals surface area contributed by atoms with Crippen molar-refractivity contribution < 1.29 is 33.4 Å². The minimum absolute atomic E-state index is 0.120. The van der Waals surface area contributed by atoms with Crippen molar-refractivity contribution in [3.8, 4) is 5.75 Å². The van der Waals surface area contributed by atoms with Crippen LogP contribution in [0.2, 0.25) is 0 Å². The number of rotatable bonds is 7. The number of carbonyl (C=O) groups excluding carboxylic acids is 3. The van der Waals surface area contributed by atoms with Crippen molar-refractivity contribution in [2.24, 2.45) is 0 Å². The van der Waals surface area contributed by atoms with Crippen molar-refractivity contribution in [1.82, 2.24) is 4.98 Å². The molecule has 0 radical (unpaired) electrons. The van der Waals surface area contributed by atoms with Gasteiger partial charge in [-0.1, -0.05) is 11.3 Å². The Morgan fingerprint density at radius 2 is 1.91 bits per heavy atom. The maximum atomic E-state index is 13.1. The van der Waals surface area contributed by atoms with E-state index in [4.69, 9.17) is 13.9 Å². The number of anilines is 1. The van der Waals surface area contributed by atoms with Gasteiger partial charge >= 0.3 is 11.9 Å². The first-order chi connectivity index (χ1) is 16.4. The number of aryl methyl sites for hydroxylation is 1. The fourth-order valence-corrected chi connectivity index (χ4v) is 4.64. The van der Waals surface area contributed by atoms with Gasteiger partial charge in [0.2, 0.25) is 0 Å². The van der Waals surface area contributed by atoms with Gasteiger partial charge in [-0.05, 0) is 57.2 Å². The van der Waals surface area contributed by atoms with E-state index < -0.39 is 23.7 Å². The molecule has 0 spiro atoms. The molecular weight excluding hydrogens is 460 g/mol. The summed E-state index contributed by atoms with van der Waals surface area (Å²) in [6.07, 6.45) is 1.41. The largest absolute Gasteiger partial charge is 0.507 e. The van der Waals surface area contributed by atoms with Crippen molar-refractivity contribution in [3.63, 3.8) is 0 Å². The number of aliphatic hydroxyl groups excluding tert-OH is 1. The van der Waals surface area contributed by atoms with Crippen molar-refractivity contribution in [1.29, 1.82) is 0 Å². The number of hydrogen-bond donors (Lipinski definition) is 1. The zero-order chi connectivity index (χ0) is 24.4. The lowest BCUT2D eigenvalue weighted by Crippen LogP contribution is -2.29. The molecule has 1 aliphatic heterocycles. The number of furan rings is 1. The van der Waals surface area contributed by atoms with Gasteiger partial charge in [-0.15, -0.1) is 0 Å². The van der Waals surface area contributed by atoms with Gasteiger partial charge in [-0.3, -0.25) is 14.5 Å². The van der Waals surface area contributed by atoms with Crippen LogP contribution in [-0.4, -0.2) is 41.0 Å². The fraction of sp³-hybridized carbons (Fsp3) is 0.250. The monoisotopic (exact) mass is 482 g/mol. The van der Waals surface area contributed by atoms with Crippen LogP contribution in [0.15, 0.2) is 52.7 Å². The Hall–Kier alpha value is -3.92. The summed E-state index contributed by atoms with van der Waals surface area (Å²) in [6, 6.07) is 8.66. The lowest BCUT2D eigenvalue weighted by molar-refractivity contribution is -0.132. The van der Waals surface area contributed by atoms with Crippen molar-refractivity contribution >= 4 is 39.9 Å². The zero-order valence-electron chi connectivity index (χ0n) is 18.7. The molecule has 2 aromatic heterocycles. The van der Waals surface area contributed by atoms with Gasteiger partial charge < -0.3 is 19.0 Å². The second-order valence-electron chi connectivity index (χ2n) is 7.27. The predicted molar refractivity (Wildman–Crippen MR) is 124 cm³/mol. The van der Waals surface area contributed by atoms with Gasteiger partial charge in [-0.25, -0.2) is 9.78 Å². The van der Waals surface area contributed by atoms with Gasteiger partial charge in [0.05, 0.1) is 30.7 Å². The molecular formula is C24H22N2O7S. The van der Waals surface area contributed by atoms with Crippen LogP contribution in [-0.2, 0) is 14.3 Å². The lowest BCUT2D eigenvalue weighted by Gasteiger charge is -2.20. The van der Waals surface area contributed by atoms with Crippen LogP contribution in [0.4, 0.5) is 5.13 Å². The van der Waals surface area contributed by atoms with Crippen LogP contribution < -0.4 is 9.64 Å². The molecule has 3 aromatic rings. The van der Waals surface area contributed by atoms with E-state index in [0.717, 1.165) is 16.2 Å². The van der Waals surface area contributed by atoms with Crippen LogP contribution in [0.5, 0.6) is 5.75 Å². The number of aliphatic hydroxyl groups is 1. The van der Waals surface area contributed by atoms with E-state index in [2.05, 4.69) is 4.98 Å². The third kappa shape index (κ3) is 4.08. The number of ketones is 1. The minimum atomic E-state index is -1.07. The summed E-state index contributed by atoms with van der Waals surface area (Å²) in [6.45, 7) is 5.82. The Bertz CT molecular complexity index is 1260. The van der Waals surface area contributed by atoms with Crippen LogP contribution in [0.1, 0.15) is 46.6 Å². The predicted octanol–water partition coefficient (Wildman–Crippen LogP) is 4.25. The van der Waals surface area contributed by atoms with Gasteiger partial charge in [0.25, 0.3) is 5.78 Å². The van der Waals surface area contributed by atoms with Crippen molar-refractivity contribution in [3.05, 3.63) is 70.1 Å². The molecule has 1 amide bonds. The molecule has 4 rings (SSSR count). The molecule has 10 heteroatoms. The van der Waals surface area contributed by atoms with E-state index in [1.54, 1.807) is 50.2 Å². The molecule has 1 N–H and O–H groups in total. The Kier molecular flexibility index (Phi) is 6.51. The average molecular weight is 483 g/mol. The third-order valence-electron chi connectivity index (χ3n) is 5.15. The molecule has 1 fully saturated rings. The molecule has 1 atom stereocenters. The number of hydrogen-bond acceptors (Lipinski definition) is 9. The molecule has 1 saturated heterocycles. The molecule has 3 heterocycles. The van der Waals surface area contributed by atoms with Crippen LogP contribution in [0, 0.1) is 6.92 Å². The molecule has 0 aliphatic carbocycles. The Morgan fingerprint density at radius 1 is 1.18 bits per heavy atom. The fourth-order valence-electron chi connectivity index (χ4n) is 3.65. The molecule has 1 aliphatic rings. The maximum absolute atomic E-state index is 13.1. The highest BCUT2D eigenvalue weighted by atomic mass is 32.1. The number of Topliss-reactive ketones (excluding diaryl/α,β-unsaturated/α-hetero) is 1. The summed E-state index contributed by atoms with van der Waals surface area (Å²) < 4.78 is 16.0. The first kappa shape index (κ1) is 23.2. The molecule has 0 bridgehead atoms. The van der Waals surface area contributed by atoms with Crippen LogP contribution in [0.3, 0.4) is 0 Å². The SMILES string of the molecule is CCOC(=O)c1sc(N2C(=O)C(=O)/C(=C(\O)c3ccc(OCC)cc3)C2c2ccco2)nc1C. The summed E-state index contributed by atoms with van der Waals surface area (Å²) in [7, 11) is 0. The maximum Gasteiger partial charge on any atom is 0.350 e.